The van der Waals surface area contributed by atoms with E-state index < -0.39 is 0 Å². The number of nitrogens with one attached hydrogen (secondary N) is 2. The van der Waals surface area contributed by atoms with E-state index in [1.165, 1.54) is 22.3 Å². The Morgan fingerprint density at radius 2 is 0.667 bits per heavy atom. The van der Waals surface area contributed by atoms with Crippen LogP contribution in [0.15, 0.2) is 97.6 Å². The molecule has 0 spiro atoms. The average molecular weight is 433 g/mol. The predicted octanol–water partition coefficient (Wildman–Crippen LogP) is 6.07. The predicted molar refractivity (Wildman–Crippen MR) is 120 cm³/mol. The summed E-state index contributed by atoms with van der Waals surface area (Å²) >= 11 is 12.4. The second-order valence-corrected chi connectivity index (χ2v) is 8.75. The molecule has 1 saturated carbocycles. The molecule has 30 heavy (non-hydrogen) atoms. The summed E-state index contributed by atoms with van der Waals surface area (Å²) in [5, 5.41) is 1.54. The van der Waals surface area contributed by atoms with E-state index in [1.807, 2.05) is 49.1 Å². The Morgan fingerprint density at radius 3 is 0.967 bits per heavy atom. The van der Waals surface area contributed by atoms with Crippen LogP contribution in [0.4, 0.5) is 0 Å². The molecule has 4 heteroatoms. The summed E-state index contributed by atoms with van der Waals surface area (Å²) in [6, 6.07) is 25.5. The molecule has 2 N–H and O–H groups in total. The highest BCUT2D eigenvalue weighted by Crippen LogP contribution is 2.66. The molecule has 0 atom stereocenters. The molecule has 4 aromatic rings. The van der Waals surface area contributed by atoms with Crippen molar-refractivity contribution in [2.45, 2.75) is 23.7 Å². The normalized spacial score (nSPS) is 23.0. The molecule has 0 radical (unpaired) electrons. The number of hydrogen-bond donors (Lipinski definition) is 0. The highest BCUT2D eigenvalue weighted by atomic mass is 35.5. The lowest BCUT2D eigenvalue weighted by Crippen LogP contribution is -2.40. The van der Waals surface area contributed by atoms with Crippen LogP contribution in [0.2, 0.25) is 10.0 Å². The molecule has 0 unspecified atom stereocenters. The molecule has 5 rings (SSSR count). The fraction of sp³-hybridized carbons (Fsp3) is 0.154. The maximum atomic E-state index is 6.20. The Hall–Kier alpha value is -2.68. The molecule has 148 valence electrons. The molecule has 0 saturated heterocycles. The minimum Gasteiger partial charge on any atom is -0.218 e. The molecule has 2 aromatic carbocycles. The number of pyridine rings is 2. The molecular formula is C26H22Cl2N2+2. The largest absolute Gasteiger partial charge is 0.218 e. The van der Waals surface area contributed by atoms with Crippen molar-refractivity contribution < 1.29 is 9.97 Å². The van der Waals surface area contributed by atoms with Crippen LogP contribution in [-0.2, 0) is 0 Å². The van der Waals surface area contributed by atoms with Crippen molar-refractivity contribution in [3.63, 3.8) is 0 Å². The van der Waals surface area contributed by atoms with E-state index >= 15 is 0 Å². The van der Waals surface area contributed by atoms with E-state index in [2.05, 4.69) is 58.5 Å². The summed E-state index contributed by atoms with van der Waals surface area (Å²) < 4.78 is 0. The van der Waals surface area contributed by atoms with Crippen LogP contribution in [0.3, 0.4) is 0 Å². The molecule has 2 aromatic heterocycles. The topological polar surface area (TPSA) is 28.3 Å². The zero-order chi connectivity index (χ0) is 20.5. The Bertz CT molecular complexity index is 1010. The van der Waals surface area contributed by atoms with Crippen LogP contribution in [0.5, 0.6) is 0 Å². The Balaban J connectivity index is 1.67. The third-order valence-corrected chi connectivity index (χ3v) is 6.82. The first kappa shape index (κ1) is 19.3. The molecule has 1 fully saturated rings. The third kappa shape index (κ3) is 3.51. The van der Waals surface area contributed by atoms with Gasteiger partial charge in [0.2, 0.25) is 0 Å². The number of H-pyrrole nitrogens is 2. The van der Waals surface area contributed by atoms with Gasteiger partial charge in [-0.3, -0.25) is 0 Å². The lowest BCUT2D eigenvalue weighted by Gasteiger charge is -2.53. The van der Waals surface area contributed by atoms with Crippen molar-refractivity contribution in [2.24, 2.45) is 0 Å². The number of halogens is 2. The SMILES string of the molecule is Clc1ccc(C2C(c3cc[nH+]cc3)C(c3ccc(Cl)cc3)C2c2cc[nH+]cc2)cc1. The van der Waals surface area contributed by atoms with Crippen molar-refractivity contribution in [1.82, 2.24) is 0 Å². The average Bonchev–Trinajstić information content (AvgIpc) is 2.77. The zero-order valence-electron chi connectivity index (χ0n) is 16.3. The maximum absolute atomic E-state index is 6.20. The molecular weight excluding hydrogens is 411 g/mol. The van der Waals surface area contributed by atoms with Crippen LogP contribution < -0.4 is 9.97 Å². The van der Waals surface area contributed by atoms with Crippen molar-refractivity contribution >= 4 is 23.2 Å². The van der Waals surface area contributed by atoms with E-state index in [0.717, 1.165) is 10.0 Å². The Morgan fingerprint density at radius 1 is 0.400 bits per heavy atom. The van der Waals surface area contributed by atoms with E-state index in [0.29, 0.717) is 23.7 Å². The molecule has 2 heterocycles. The van der Waals surface area contributed by atoms with Crippen LogP contribution >= 0.6 is 23.2 Å². The van der Waals surface area contributed by atoms with E-state index in [1.54, 1.807) is 0 Å². The summed E-state index contributed by atoms with van der Waals surface area (Å²) in [6.07, 6.45) is 8.05. The fourth-order valence-corrected chi connectivity index (χ4v) is 5.27. The Labute approximate surface area is 186 Å². The number of hydrogen-bond acceptors (Lipinski definition) is 0. The first-order valence-corrected chi connectivity index (χ1v) is 10.9. The summed E-state index contributed by atoms with van der Waals surface area (Å²) in [5.74, 6) is 1.42. The van der Waals surface area contributed by atoms with Gasteiger partial charge in [-0.15, -0.1) is 0 Å². The molecule has 2 nitrogen and oxygen atoms in total. The Kier molecular flexibility index (Phi) is 5.28. The van der Waals surface area contributed by atoms with Crippen molar-refractivity contribution in [2.75, 3.05) is 0 Å². The van der Waals surface area contributed by atoms with E-state index in [-0.39, 0.29) is 0 Å². The number of benzene rings is 2. The minimum atomic E-state index is 0.354. The van der Waals surface area contributed by atoms with Gasteiger partial charge < -0.3 is 0 Å². The van der Waals surface area contributed by atoms with Crippen molar-refractivity contribution in [3.05, 3.63) is 130 Å². The summed E-state index contributed by atoms with van der Waals surface area (Å²) in [4.78, 5) is 6.33. The first-order chi connectivity index (χ1) is 14.7. The summed E-state index contributed by atoms with van der Waals surface area (Å²) in [6.45, 7) is 0. The lowest BCUT2D eigenvalue weighted by atomic mass is 9.49. The number of rotatable bonds is 4. The minimum absolute atomic E-state index is 0.354. The van der Waals surface area contributed by atoms with Crippen LogP contribution in [0.25, 0.3) is 0 Å². The monoisotopic (exact) mass is 432 g/mol. The highest BCUT2D eigenvalue weighted by molar-refractivity contribution is 6.30. The van der Waals surface area contributed by atoms with Gasteiger partial charge in [-0.25, -0.2) is 9.97 Å². The second-order valence-electron chi connectivity index (χ2n) is 7.87. The molecule has 0 bridgehead atoms. The van der Waals surface area contributed by atoms with Crippen molar-refractivity contribution in [3.8, 4) is 0 Å². The van der Waals surface area contributed by atoms with Gasteiger partial charge in [0.25, 0.3) is 0 Å². The van der Waals surface area contributed by atoms with Gasteiger partial charge in [-0.1, -0.05) is 47.5 Å². The molecule has 0 amide bonds. The van der Waals surface area contributed by atoms with Gasteiger partial charge in [0.15, 0.2) is 24.8 Å². The van der Waals surface area contributed by atoms with Gasteiger partial charge in [0, 0.05) is 34.3 Å². The molecule has 1 aliphatic rings. The summed E-state index contributed by atoms with van der Waals surface area (Å²) in [5.41, 5.74) is 5.32. The van der Waals surface area contributed by atoms with Gasteiger partial charge in [-0.2, -0.15) is 0 Å². The summed E-state index contributed by atoms with van der Waals surface area (Å²) in [7, 11) is 0. The quantitative estimate of drug-likeness (QED) is 0.374. The van der Waals surface area contributed by atoms with Gasteiger partial charge in [-0.05, 0) is 70.2 Å². The van der Waals surface area contributed by atoms with Crippen LogP contribution in [-0.4, -0.2) is 0 Å². The number of aromatic nitrogens is 2. The highest BCUT2D eigenvalue weighted by Gasteiger charge is 2.52. The van der Waals surface area contributed by atoms with Crippen LogP contribution in [0.1, 0.15) is 45.9 Å². The molecule has 1 aliphatic carbocycles. The second kappa shape index (κ2) is 8.22. The van der Waals surface area contributed by atoms with Gasteiger partial charge in [0.05, 0.1) is 0 Å². The number of aromatic amines is 2. The third-order valence-electron chi connectivity index (χ3n) is 6.32. The first-order valence-electron chi connectivity index (χ1n) is 10.2. The van der Waals surface area contributed by atoms with Gasteiger partial charge >= 0.3 is 0 Å². The fourth-order valence-electron chi connectivity index (χ4n) is 5.02. The standard InChI is InChI=1S/C26H20Cl2N2/c27-21-5-1-17(2-6-21)23-25(19-9-13-29-14-10-19)24(18-3-7-22(28)8-4-18)26(23)20-11-15-30-16-12-20/h1-16,23-26H/p+2. The maximum Gasteiger partial charge on any atom is 0.167 e. The van der Waals surface area contributed by atoms with E-state index in [9.17, 15) is 0 Å². The van der Waals surface area contributed by atoms with Gasteiger partial charge in [0.1, 0.15) is 0 Å². The zero-order valence-corrected chi connectivity index (χ0v) is 17.8. The lowest BCUT2D eigenvalue weighted by molar-refractivity contribution is -0.378. The molecule has 0 aliphatic heterocycles. The van der Waals surface area contributed by atoms with E-state index in [4.69, 9.17) is 23.2 Å². The van der Waals surface area contributed by atoms with Crippen LogP contribution in [0, 0.1) is 0 Å². The smallest absolute Gasteiger partial charge is 0.167 e. The van der Waals surface area contributed by atoms with Crippen molar-refractivity contribution in [1.29, 1.82) is 0 Å².